The van der Waals surface area contributed by atoms with Crippen LogP contribution in [-0.4, -0.2) is 6.04 Å². The Hall–Kier alpha value is -0.820. The van der Waals surface area contributed by atoms with Crippen molar-refractivity contribution in [2.75, 3.05) is 0 Å². The fourth-order valence-electron chi connectivity index (χ4n) is 3.57. The molecule has 1 N–H and O–H groups in total. The van der Waals surface area contributed by atoms with Crippen LogP contribution in [0, 0.1) is 19.8 Å². The van der Waals surface area contributed by atoms with Crippen LogP contribution in [0.4, 0.5) is 0 Å². The van der Waals surface area contributed by atoms with Gasteiger partial charge in [0, 0.05) is 12.1 Å². The maximum atomic E-state index is 3.83. The molecule has 1 heteroatoms. The highest BCUT2D eigenvalue weighted by Crippen LogP contribution is 2.28. The monoisotopic (exact) mass is 259 g/mol. The van der Waals surface area contributed by atoms with Gasteiger partial charge >= 0.3 is 0 Å². The van der Waals surface area contributed by atoms with Gasteiger partial charge < -0.3 is 5.32 Å². The number of nitrogens with one attached hydrogen (secondary N) is 1. The Morgan fingerprint density at radius 1 is 1.05 bits per heavy atom. The van der Waals surface area contributed by atoms with Crippen LogP contribution >= 0.6 is 0 Å². The Bertz CT molecular complexity index is 404. The SMILES string of the molecule is Cc1ccc(C(C)N[C@H](C)C2CCCCC2)c(C)c1. The summed E-state index contributed by atoms with van der Waals surface area (Å²) in [5.74, 6) is 0.877. The van der Waals surface area contributed by atoms with Gasteiger partial charge in [-0.25, -0.2) is 0 Å². The Morgan fingerprint density at radius 3 is 2.37 bits per heavy atom. The maximum Gasteiger partial charge on any atom is 0.0296 e. The van der Waals surface area contributed by atoms with Crippen LogP contribution in [0.1, 0.15) is 68.7 Å². The second-order valence-corrected chi connectivity index (χ2v) is 6.44. The van der Waals surface area contributed by atoms with Gasteiger partial charge in [-0.1, -0.05) is 43.0 Å². The maximum absolute atomic E-state index is 3.83. The molecule has 1 aliphatic rings. The van der Waals surface area contributed by atoms with E-state index < -0.39 is 0 Å². The molecule has 0 aliphatic heterocycles. The summed E-state index contributed by atoms with van der Waals surface area (Å²) in [6, 6.07) is 7.90. The summed E-state index contributed by atoms with van der Waals surface area (Å²) in [6.45, 7) is 9.07. The number of hydrogen-bond acceptors (Lipinski definition) is 1. The third-order valence-corrected chi connectivity index (χ3v) is 4.76. The quantitative estimate of drug-likeness (QED) is 0.809. The fourth-order valence-corrected chi connectivity index (χ4v) is 3.57. The summed E-state index contributed by atoms with van der Waals surface area (Å²) >= 11 is 0. The van der Waals surface area contributed by atoms with Crippen molar-refractivity contribution in [2.24, 2.45) is 5.92 Å². The average molecular weight is 259 g/mol. The van der Waals surface area contributed by atoms with Gasteiger partial charge in [0.05, 0.1) is 0 Å². The lowest BCUT2D eigenvalue weighted by Crippen LogP contribution is -2.36. The van der Waals surface area contributed by atoms with Crippen molar-refractivity contribution < 1.29 is 0 Å². The zero-order valence-electron chi connectivity index (χ0n) is 13.0. The molecule has 1 saturated carbocycles. The van der Waals surface area contributed by atoms with E-state index in [-0.39, 0.29) is 0 Å². The van der Waals surface area contributed by atoms with E-state index in [1.165, 1.54) is 48.8 Å². The van der Waals surface area contributed by atoms with Crippen molar-refractivity contribution in [3.63, 3.8) is 0 Å². The van der Waals surface area contributed by atoms with Gasteiger partial charge in [-0.3, -0.25) is 0 Å². The highest BCUT2D eigenvalue weighted by atomic mass is 14.9. The first kappa shape index (κ1) is 14.6. The lowest BCUT2D eigenvalue weighted by Gasteiger charge is -2.31. The molecule has 0 heterocycles. The molecule has 1 fully saturated rings. The van der Waals surface area contributed by atoms with E-state index in [0.717, 1.165) is 5.92 Å². The molecule has 1 aliphatic carbocycles. The van der Waals surface area contributed by atoms with Gasteiger partial charge in [-0.15, -0.1) is 0 Å². The first-order valence-corrected chi connectivity index (χ1v) is 7.91. The van der Waals surface area contributed by atoms with Crippen LogP contribution in [0.5, 0.6) is 0 Å². The molecule has 1 nitrogen and oxygen atoms in total. The molecule has 2 atom stereocenters. The molecule has 1 aromatic rings. The second-order valence-electron chi connectivity index (χ2n) is 6.44. The smallest absolute Gasteiger partial charge is 0.0296 e. The van der Waals surface area contributed by atoms with E-state index in [2.05, 4.69) is 51.2 Å². The number of rotatable bonds is 4. The molecule has 0 aromatic heterocycles. The first-order chi connectivity index (χ1) is 9.08. The normalized spacial score (nSPS) is 20.2. The minimum atomic E-state index is 0.456. The predicted octanol–water partition coefficient (Wildman–Crippen LogP) is 4.92. The van der Waals surface area contributed by atoms with Gasteiger partial charge in [0.25, 0.3) is 0 Å². The van der Waals surface area contributed by atoms with Gasteiger partial charge in [0.2, 0.25) is 0 Å². The van der Waals surface area contributed by atoms with Crippen LogP contribution < -0.4 is 5.32 Å². The summed E-state index contributed by atoms with van der Waals surface area (Å²) < 4.78 is 0. The Kier molecular flexibility index (Phi) is 5.04. The zero-order chi connectivity index (χ0) is 13.8. The third-order valence-electron chi connectivity index (χ3n) is 4.76. The summed E-state index contributed by atoms with van der Waals surface area (Å²) in [5, 5.41) is 3.83. The molecule has 1 aromatic carbocycles. The second kappa shape index (κ2) is 6.56. The largest absolute Gasteiger partial charge is 0.307 e. The number of aryl methyl sites for hydroxylation is 2. The molecule has 0 spiro atoms. The van der Waals surface area contributed by atoms with E-state index >= 15 is 0 Å². The molecule has 0 amide bonds. The van der Waals surface area contributed by atoms with Gasteiger partial charge in [-0.05, 0) is 57.6 Å². The molecule has 0 bridgehead atoms. The Labute approximate surface area is 118 Å². The third kappa shape index (κ3) is 3.82. The van der Waals surface area contributed by atoms with E-state index in [0.29, 0.717) is 12.1 Å². The molecule has 106 valence electrons. The highest BCUT2D eigenvalue weighted by molar-refractivity contribution is 5.32. The van der Waals surface area contributed by atoms with E-state index in [1.54, 1.807) is 0 Å². The highest BCUT2D eigenvalue weighted by Gasteiger charge is 2.21. The van der Waals surface area contributed by atoms with Gasteiger partial charge in [0.15, 0.2) is 0 Å². The molecule has 2 rings (SSSR count). The Balaban J connectivity index is 1.97. The molecule has 19 heavy (non-hydrogen) atoms. The predicted molar refractivity (Wildman–Crippen MR) is 83.5 cm³/mol. The van der Waals surface area contributed by atoms with Crippen LogP contribution in [0.3, 0.4) is 0 Å². The molecular weight excluding hydrogens is 230 g/mol. The summed E-state index contributed by atoms with van der Waals surface area (Å²) in [6.07, 6.45) is 7.11. The minimum absolute atomic E-state index is 0.456. The zero-order valence-corrected chi connectivity index (χ0v) is 13.0. The van der Waals surface area contributed by atoms with E-state index in [9.17, 15) is 0 Å². The minimum Gasteiger partial charge on any atom is -0.307 e. The topological polar surface area (TPSA) is 12.0 Å². The summed E-state index contributed by atoms with van der Waals surface area (Å²) in [4.78, 5) is 0. The van der Waals surface area contributed by atoms with Gasteiger partial charge in [-0.2, -0.15) is 0 Å². The summed E-state index contributed by atoms with van der Waals surface area (Å²) in [7, 11) is 0. The van der Waals surface area contributed by atoms with Crippen LogP contribution in [0.25, 0.3) is 0 Å². The van der Waals surface area contributed by atoms with Crippen molar-refractivity contribution in [1.82, 2.24) is 5.32 Å². The summed E-state index contributed by atoms with van der Waals surface area (Å²) in [5.41, 5.74) is 4.22. The first-order valence-electron chi connectivity index (χ1n) is 7.91. The lowest BCUT2D eigenvalue weighted by atomic mass is 9.84. The Morgan fingerprint density at radius 2 is 1.74 bits per heavy atom. The van der Waals surface area contributed by atoms with Crippen LogP contribution in [0.15, 0.2) is 18.2 Å². The van der Waals surface area contributed by atoms with Crippen molar-refractivity contribution >= 4 is 0 Å². The average Bonchev–Trinajstić information content (AvgIpc) is 2.39. The molecule has 1 unspecified atom stereocenters. The van der Waals surface area contributed by atoms with Crippen LogP contribution in [-0.2, 0) is 0 Å². The molecular formula is C18H29N. The van der Waals surface area contributed by atoms with Crippen molar-refractivity contribution in [3.8, 4) is 0 Å². The van der Waals surface area contributed by atoms with Crippen LogP contribution in [0.2, 0.25) is 0 Å². The van der Waals surface area contributed by atoms with Crippen molar-refractivity contribution in [1.29, 1.82) is 0 Å². The van der Waals surface area contributed by atoms with E-state index in [1.807, 2.05) is 0 Å². The van der Waals surface area contributed by atoms with E-state index in [4.69, 9.17) is 0 Å². The van der Waals surface area contributed by atoms with Gasteiger partial charge in [0.1, 0.15) is 0 Å². The van der Waals surface area contributed by atoms with Crippen molar-refractivity contribution in [2.45, 2.75) is 71.9 Å². The lowest BCUT2D eigenvalue weighted by molar-refractivity contribution is 0.268. The van der Waals surface area contributed by atoms with Crippen molar-refractivity contribution in [3.05, 3.63) is 34.9 Å². The molecule has 0 saturated heterocycles. The standard InChI is InChI=1S/C18H29N/c1-13-10-11-18(14(2)12-13)16(4)19-15(3)17-8-6-5-7-9-17/h10-12,15-17,19H,5-9H2,1-4H3/t15-,16?/m1/s1. The fraction of sp³-hybridized carbons (Fsp3) is 0.667. The number of hydrogen-bond donors (Lipinski definition) is 1. The molecule has 0 radical (unpaired) electrons. The number of benzene rings is 1.